The van der Waals surface area contributed by atoms with Crippen LogP contribution in [0.25, 0.3) is 0 Å². The Morgan fingerprint density at radius 3 is 2.58 bits per heavy atom. The zero-order valence-electron chi connectivity index (χ0n) is 14.7. The molecule has 2 heterocycles. The highest BCUT2D eigenvalue weighted by atomic mass is 32.2. The summed E-state index contributed by atoms with van der Waals surface area (Å²) in [6, 6.07) is 8.61. The number of nitrogens with zero attached hydrogens (tertiary/aromatic N) is 2. The van der Waals surface area contributed by atoms with Crippen molar-refractivity contribution >= 4 is 10.0 Å². The average molecular weight is 380 g/mol. The standard InChI is InChI=1S/C18H21FN2O4S/c1-13-9-17(10-18(22)20(13)2)25-16-7-8-21(11-16)26(23,24)12-14-3-5-15(19)6-4-14/h3-6,9-10,16H,7-8,11-12H2,1-2H3. The van der Waals surface area contributed by atoms with Gasteiger partial charge in [-0.25, -0.2) is 12.8 Å². The highest BCUT2D eigenvalue weighted by Crippen LogP contribution is 2.22. The van der Waals surface area contributed by atoms with Crippen molar-refractivity contribution in [1.29, 1.82) is 0 Å². The molecule has 0 spiro atoms. The second-order valence-corrected chi connectivity index (χ2v) is 8.47. The first-order valence-corrected chi connectivity index (χ1v) is 9.92. The molecule has 1 aliphatic rings. The highest BCUT2D eigenvalue weighted by molar-refractivity contribution is 7.88. The van der Waals surface area contributed by atoms with Crippen molar-refractivity contribution < 1.29 is 17.5 Å². The van der Waals surface area contributed by atoms with Crippen LogP contribution in [0.2, 0.25) is 0 Å². The summed E-state index contributed by atoms with van der Waals surface area (Å²) in [4.78, 5) is 11.8. The third-order valence-corrected chi connectivity index (χ3v) is 6.36. The van der Waals surface area contributed by atoms with E-state index in [-0.39, 0.29) is 24.0 Å². The lowest BCUT2D eigenvalue weighted by atomic mass is 10.2. The van der Waals surface area contributed by atoms with Crippen LogP contribution >= 0.6 is 0 Å². The molecule has 0 saturated carbocycles. The maximum absolute atomic E-state index is 13.0. The Morgan fingerprint density at radius 2 is 1.92 bits per heavy atom. The number of rotatable bonds is 5. The SMILES string of the molecule is Cc1cc(OC2CCN(S(=O)(=O)Cc3ccc(F)cc3)C2)cc(=O)n1C. The molecule has 2 aromatic rings. The summed E-state index contributed by atoms with van der Waals surface area (Å²) in [5, 5.41) is 0. The van der Waals surface area contributed by atoms with Gasteiger partial charge in [0.2, 0.25) is 10.0 Å². The van der Waals surface area contributed by atoms with E-state index in [9.17, 15) is 17.6 Å². The lowest BCUT2D eigenvalue weighted by Gasteiger charge is -2.18. The number of hydrogen-bond donors (Lipinski definition) is 0. The van der Waals surface area contributed by atoms with Gasteiger partial charge in [-0.1, -0.05) is 12.1 Å². The van der Waals surface area contributed by atoms with Gasteiger partial charge in [0.1, 0.15) is 17.7 Å². The molecule has 1 saturated heterocycles. The van der Waals surface area contributed by atoms with Crippen LogP contribution < -0.4 is 10.3 Å². The number of aromatic nitrogens is 1. The van der Waals surface area contributed by atoms with Gasteiger partial charge < -0.3 is 9.30 Å². The number of ether oxygens (including phenoxy) is 1. The van der Waals surface area contributed by atoms with Crippen LogP contribution in [0, 0.1) is 12.7 Å². The largest absolute Gasteiger partial charge is 0.489 e. The van der Waals surface area contributed by atoms with Crippen LogP contribution in [0.1, 0.15) is 17.7 Å². The van der Waals surface area contributed by atoms with Gasteiger partial charge >= 0.3 is 0 Å². The van der Waals surface area contributed by atoms with Crippen molar-refractivity contribution in [2.24, 2.45) is 7.05 Å². The molecule has 1 aliphatic heterocycles. The third kappa shape index (κ3) is 4.13. The summed E-state index contributed by atoms with van der Waals surface area (Å²) in [6.45, 7) is 2.40. The number of hydrogen-bond acceptors (Lipinski definition) is 4. The lowest BCUT2D eigenvalue weighted by molar-refractivity contribution is 0.214. The molecule has 1 aromatic carbocycles. The number of aryl methyl sites for hydroxylation is 1. The molecule has 1 atom stereocenters. The molecule has 6 nitrogen and oxygen atoms in total. The van der Waals surface area contributed by atoms with Gasteiger partial charge in [-0.05, 0) is 37.1 Å². The van der Waals surface area contributed by atoms with Gasteiger partial charge in [0, 0.05) is 25.4 Å². The Kier molecular flexibility index (Phi) is 5.15. The maximum Gasteiger partial charge on any atom is 0.254 e. The second-order valence-electron chi connectivity index (χ2n) is 6.50. The van der Waals surface area contributed by atoms with E-state index in [1.807, 2.05) is 6.92 Å². The third-order valence-electron chi connectivity index (χ3n) is 4.54. The van der Waals surface area contributed by atoms with Crippen molar-refractivity contribution in [3.05, 3.63) is 63.8 Å². The van der Waals surface area contributed by atoms with Crippen LogP contribution in [-0.4, -0.2) is 36.5 Å². The summed E-state index contributed by atoms with van der Waals surface area (Å²) in [5.41, 5.74) is 1.14. The summed E-state index contributed by atoms with van der Waals surface area (Å²) < 4.78 is 46.8. The van der Waals surface area contributed by atoms with E-state index in [4.69, 9.17) is 4.74 Å². The predicted octanol–water partition coefficient (Wildman–Crippen LogP) is 1.82. The topological polar surface area (TPSA) is 68.6 Å². The minimum Gasteiger partial charge on any atom is -0.489 e. The van der Waals surface area contributed by atoms with E-state index in [2.05, 4.69) is 0 Å². The molecule has 3 rings (SSSR count). The van der Waals surface area contributed by atoms with E-state index in [0.717, 1.165) is 5.69 Å². The monoisotopic (exact) mass is 380 g/mol. The molecule has 1 fully saturated rings. The van der Waals surface area contributed by atoms with Crippen LogP contribution in [0.5, 0.6) is 5.75 Å². The molecular formula is C18H21FN2O4S. The first-order valence-electron chi connectivity index (χ1n) is 8.31. The second kappa shape index (κ2) is 7.20. The highest BCUT2D eigenvalue weighted by Gasteiger charge is 2.32. The molecule has 140 valence electrons. The zero-order chi connectivity index (χ0) is 18.9. The van der Waals surface area contributed by atoms with Gasteiger partial charge in [-0.2, -0.15) is 4.31 Å². The van der Waals surface area contributed by atoms with Crippen molar-refractivity contribution in [3.63, 3.8) is 0 Å². The normalized spacial score (nSPS) is 18.2. The van der Waals surface area contributed by atoms with E-state index in [1.165, 1.54) is 39.2 Å². The Hall–Kier alpha value is -2.19. The molecule has 26 heavy (non-hydrogen) atoms. The number of pyridine rings is 1. The van der Waals surface area contributed by atoms with Crippen molar-refractivity contribution in [2.75, 3.05) is 13.1 Å². The summed E-state index contributed by atoms with van der Waals surface area (Å²) in [7, 11) is -1.83. The first-order chi connectivity index (χ1) is 12.2. The molecule has 1 unspecified atom stereocenters. The fourth-order valence-corrected chi connectivity index (χ4v) is 4.50. The molecule has 8 heteroatoms. The van der Waals surface area contributed by atoms with E-state index < -0.39 is 15.8 Å². The Balaban J connectivity index is 1.66. The quantitative estimate of drug-likeness (QED) is 0.793. The smallest absolute Gasteiger partial charge is 0.254 e. The summed E-state index contributed by atoms with van der Waals surface area (Å²) in [5.74, 6) is -0.121. The predicted molar refractivity (Wildman–Crippen MR) is 96.0 cm³/mol. The van der Waals surface area contributed by atoms with Gasteiger partial charge in [-0.3, -0.25) is 4.79 Å². The summed E-state index contributed by atoms with van der Waals surface area (Å²) >= 11 is 0. The molecule has 0 radical (unpaired) electrons. The molecule has 1 aromatic heterocycles. The average Bonchev–Trinajstić information content (AvgIpc) is 3.04. The van der Waals surface area contributed by atoms with Crippen LogP contribution in [0.3, 0.4) is 0 Å². The fourth-order valence-electron chi connectivity index (χ4n) is 2.93. The van der Waals surface area contributed by atoms with Crippen LogP contribution in [0.4, 0.5) is 4.39 Å². The summed E-state index contributed by atoms with van der Waals surface area (Å²) in [6.07, 6.45) is 0.251. The number of benzene rings is 1. The molecule has 0 amide bonds. The van der Waals surface area contributed by atoms with E-state index in [0.29, 0.717) is 24.3 Å². The molecule has 0 aliphatic carbocycles. The number of halogens is 1. The fraction of sp³-hybridized carbons (Fsp3) is 0.389. The van der Waals surface area contributed by atoms with Crippen molar-refractivity contribution in [3.8, 4) is 5.75 Å². The Labute approximate surface area is 151 Å². The Morgan fingerprint density at radius 1 is 1.23 bits per heavy atom. The maximum atomic E-state index is 13.0. The zero-order valence-corrected chi connectivity index (χ0v) is 15.5. The number of sulfonamides is 1. The van der Waals surface area contributed by atoms with E-state index in [1.54, 1.807) is 13.1 Å². The van der Waals surface area contributed by atoms with Gasteiger partial charge in [0.05, 0.1) is 12.3 Å². The van der Waals surface area contributed by atoms with Crippen molar-refractivity contribution in [1.82, 2.24) is 8.87 Å². The van der Waals surface area contributed by atoms with Gasteiger partial charge in [-0.15, -0.1) is 0 Å². The van der Waals surface area contributed by atoms with Gasteiger partial charge in [0.15, 0.2) is 0 Å². The molecular weight excluding hydrogens is 359 g/mol. The van der Waals surface area contributed by atoms with Crippen molar-refractivity contribution in [2.45, 2.75) is 25.2 Å². The first kappa shape index (κ1) is 18.6. The molecule has 0 bridgehead atoms. The molecule has 0 N–H and O–H groups in total. The minimum absolute atomic E-state index is 0.168. The minimum atomic E-state index is -3.51. The van der Waals surface area contributed by atoms with Gasteiger partial charge in [0.25, 0.3) is 5.56 Å². The van der Waals surface area contributed by atoms with Crippen LogP contribution in [0.15, 0.2) is 41.2 Å². The van der Waals surface area contributed by atoms with Crippen LogP contribution in [-0.2, 0) is 22.8 Å². The Bertz CT molecular complexity index is 954. The lowest BCUT2D eigenvalue weighted by Crippen LogP contribution is -2.32. The van der Waals surface area contributed by atoms with E-state index >= 15 is 0 Å².